The van der Waals surface area contributed by atoms with Gasteiger partial charge in [-0.15, -0.1) is 0 Å². The smallest absolute Gasteiger partial charge is 0.258 e. The molecule has 0 radical (unpaired) electrons. The van der Waals surface area contributed by atoms with Crippen molar-refractivity contribution in [2.45, 2.75) is 38.6 Å². The normalized spacial score (nSPS) is 23.7. The minimum Gasteiger partial charge on any atom is -0.339 e. The monoisotopic (exact) mass is 250 g/mol. The maximum absolute atomic E-state index is 13.5. The molecule has 0 bridgehead atoms. The van der Waals surface area contributed by atoms with E-state index in [2.05, 4.69) is 11.9 Å². The van der Waals surface area contributed by atoms with Crippen LogP contribution in [0.1, 0.15) is 43.0 Å². The fraction of sp³-hybridized carbons (Fsp3) is 0.571. The Labute approximate surface area is 107 Å². The molecule has 3 nitrogen and oxygen atoms in total. The number of aromatic nitrogens is 1. The summed E-state index contributed by atoms with van der Waals surface area (Å²) < 4.78 is 13.5. The lowest BCUT2D eigenvalue weighted by atomic mass is 9.86. The largest absolute Gasteiger partial charge is 0.339 e. The molecule has 2 rings (SSSR count). The third-order valence-electron chi connectivity index (χ3n) is 3.77. The van der Waals surface area contributed by atoms with Gasteiger partial charge >= 0.3 is 0 Å². The van der Waals surface area contributed by atoms with Gasteiger partial charge in [-0.05, 0) is 30.9 Å². The van der Waals surface area contributed by atoms with Gasteiger partial charge in [0.2, 0.25) is 5.95 Å². The van der Waals surface area contributed by atoms with Gasteiger partial charge < -0.3 is 4.90 Å². The average molecular weight is 250 g/mol. The van der Waals surface area contributed by atoms with Crippen molar-refractivity contribution in [1.82, 2.24) is 9.88 Å². The third-order valence-corrected chi connectivity index (χ3v) is 3.77. The maximum Gasteiger partial charge on any atom is 0.258 e. The molecule has 1 saturated carbocycles. The van der Waals surface area contributed by atoms with Gasteiger partial charge in [-0.25, -0.2) is 4.98 Å². The van der Waals surface area contributed by atoms with Crippen LogP contribution < -0.4 is 0 Å². The quantitative estimate of drug-likeness (QED) is 0.756. The molecule has 0 saturated heterocycles. The van der Waals surface area contributed by atoms with Gasteiger partial charge in [0.1, 0.15) is 0 Å². The van der Waals surface area contributed by atoms with E-state index in [9.17, 15) is 9.18 Å². The first-order valence-electron chi connectivity index (χ1n) is 6.47. The van der Waals surface area contributed by atoms with E-state index in [-0.39, 0.29) is 17.5 Å². The second-order valence-electron chi connectivity index (χ2n) is 5.18. The van der Waals surface area contributed by atoms with Crippen LogP contribution in [-0.4, -0.2) is 28.9 Å². The molecular formula is C14H19FN2O. The fourth-order valence-corrected chi connectivity index (χ4v) is 2.66. The van der Waals surface area contributed by atoms with Gasteiger partial charge in [0, 0.05) is 19.3 Å². The summed E-state index contributed by atoms with van der Waals surface area (Å²) in [6.07, 6.45) is 5.73. The first-order chi connectivity index (χ1) is 8.59. The van der Waals surface area contributed by atoms with Crippen molar-refractivity contribution in [2.75, 3.05) is 7.05 Å². The number of hydrogen-bond acceptors (Lipinski definition) is 2. The predicted octanol–water partition coefficient (Wildman–Crippen LogP) is 2.87. The Balaban J connectivity index is 2.11. The molecule has 1 aliphatic rings. The van der Waals surface area contributed by atoms with Crippen molar-refractivity contribution in [3.63, 3.8) is 0 Å². The van der Waals surface area contributed by atoms with Crippen molar-refractivity contribution >= 4 is 5.91 Å². The summed E-state index contributed by atoms with van der Waals surface area (Å²) in [5.74, 6) is -0.310. The Morgan fingerprint density at radius 3 is 2.94 bits per heavy atom. The Morgan fingerprint density at radius 1 is 1.50 bits per heavy atom. The molecule has 2 atom stereocenters. The van der Waals surface area contributed by atoms with Gasteiger partial charge in [-0.2, -0.15) is 4.39 Å². The molecule has 0 aromatic carbocycles. The van der Waals surface area contributed by atoms with Crippen LogP contribution in [0, 0.1) is 11.9 Å². The van der Waals surface area contributed by atoms with E-state index >= 15 is 0 Å². The van der Waals surface area contributed by atoms with Crippen LogP contribution in [0.4, 0.5) is 4.39 Å². The van der Waals surface area contributed by atoms with Crippen LogP contribution in [0.2, 0.25) is 0 Å². The molecule has 18 heavy (non-hydrogen) atoms. The van der Waals surface area contributed by atoms with E-state index in [4.69, 9.17) is 0 Å². The number of halogens is 1. The van der Waals surface area contributed by atoms with Crippen molar-refractivity contribution in [2.24, 2.45) is 5.92 Å². The molecular weight excluding hydrogens is 231 g/mol. The van der Waals surface area contributed by atoms with Gasteiger partial charge in [0.25, 0.3) is 5.91 Å². The molecule has 4 heteroatoms. The number of pyridine rings is 1. The zero-order chi connectivity index (χ0) is 13.1. The highest BCUT2D eigenvalue weighted by Gasteiger charge is 2.27. The molecule has 1 fully saturated rings. The predicted molar refractivity (Wildman–Crippen MR) is 67.7 cm³/mol. The molecule has 1 aromatic heterocycles. The van der Waals surface area contributed by atoms with Crippen molar-refractivity contribution < 1.29 is 9.18 Å². The van der Waals surface area contributed by atoms with E-state index < -0.39 is 5.95 Å². The van der Waals surface area contributed by atoms with Gasteiger partial charge in [0.15, 0.2) is 0 Å². The van der Waals surface area contributed by atoms with E-state index in [1.54, 1.807) is 18.0 Å². The molecule has 0 N–H and O–H groups in total. The number of amides is 1. The SMILES string of the molecule is CC1CCCC(N(C)C(=O)c2cccnc2F)C1. The molecule has 0 aliphatic heterocycles. The topological polar surface area (TPSA) is 33.2 Å². The molecule has 98 valence electrons. The van der Waals surface area contributed by atoms with E-state index in [0.29, 0.717) is 5.92 Å². The first-order valence-corrected chi connectivity index (χ1v) is 6.47. The second-order valence-corrected chi connectivity index (χ2v) is 5.18. The highest BCUT2D eigenvalue weighted by molar-refractivity contribution is 5.94. The highest BCUT2D eigenvalue weighted by atomic mass is 19.1. The van der Waals surface area contributed by atoms with Gasteiger partial charge in [0.05, 0.1) is 5.56 Å². The summed E-state index contributed by atoms with van der Waals surface area (Å²) in [7, 11) is 1.76. The second kappa shape index (κ2) is 5.46. The minimum atomic E-state index is -0.682. The van der Waals surface area contributed by atoms with Crippen LogP contribution in [0.25, 0.3) is 0 Å². The van der Waals surface area contributed by atoms with Crippen LogP contribution >= 0.6 is 0 Å². The lowest BCUT2D eigenvalue weighted by Gasteiger charge is -2.34. The summed E-state index contributed by atoms with van der Waals surface area (Å²) in [5.41, 5.74) is 0.0678. The number of rotatable bonds is 2. The number of carbonyl (C=O) groups excluding carboxylic acids is 1. The molecule has 1 amide bonds. The van der Waals surface area contributed by atoms with Crippen LogP contribution in [0.5, 0.6) is 0 Å². The van der Waals surface area contributed by atoms with Crippen molar-refractivity contribution in [1.29, 1.82) is 0 Å². The lowest BCUT2D eigenvalue weighted by molar-refractivity contribution is 0.0666. The van der Waals surface area contributed by atoms with E-state index in [1.807, 2.05) is 0 Å². The number of nitrogens with zero attached hydrogens (tertiary/aromatic N) is 2. The number of carbonyl (C=O) groups is 1. The Kier molecular flexibility index (Phi) is 3.94. The first kappa shape index (κ1) is 13.0. The van der Waals surface area contributed by atoms with Crippen molar-refractivity contribution in [3.8, 4) is 0 Å². The zero-order valence-corrected chi connectivity index (χ0v) is 10.9. The van der Waals surface area contributed by atoms with Crippen molar-refractivity contribution in [3.05, 3.63) is 29.8 Å². The summed E-state index contributed by atoms with van der Waals surface area (Å²) in [4.78, 5) is 17.4. The minimum absolute atomic E-state index is 0.0678. The average Bonchev–Trinajstić information content (AvgIpc) is 2.37. The number of hydrogen-bond donors (Lipinski definition) is 0. The fourth-order valence-electron chi connectivity index (χ4n) is 2.66. The lowest BCUT2D eigenvalue weighted by Crippen LogP contribution is -2.40. The van der Waals surface area contributed by atoms with E-state index in [1.165, 1.54) is 18.7 Å². The standard InChI is InChI=1S/C14H19FN2O/c1-10-5-3-6-11(9-10)17(2)14(18)12-7-4-8-16-13(12)15/h4,7-8,10-11H,3,5-6,9H2,1-2H3. The zero-order valence-electron chi connectivity index (χ0n) is 10.9. The molecule has 1 aromatic rings. The Hall–Kier alpha value is -1.45. The highest BCUT2D eigenvalue weighted by Crippen LogP contribution is 2.27. The van der Waals surface area contributed by atoms with Crippen LogP contribution in [0.15, 0.2) is 18.3 Å². The summed E-state index contributed by atoms with van der Waals surface area (Å²) >= 11 is 0. The Morgan fingerprint density at radius 2 is 2.28 bits per heavy atom. The van der Waals surface area contributed by atoms with E-state index in [0.717, 1.165) is 19.3 Å². The molecule has 1 aliphatic carbocycles. The van der Waals surface area contributed by atoms with Gasteiger partial charge in [-0.1, -0.05) is 19.8 Å². The maximum atomic E-state index is 13.5. The summed E-state index contributed by atoms with van der Waals surface area (Å²) in [6.45, 7) is 2.20. The molecule has 1 heterocycles. The van der Waals surface area contributed by atoms with Gasteiger partial charge in [-0.3, -0.25) is 4.79 Å². The molecule has 2 unspecified atom stereocenters. The van der Waals surface area contributed by atoms with Crippen LogP contribution in [-0.2, 0) is 0 Å². The van der Waals surface area contributed by atoms with Crippen LogP contribution in [0.3, 0.4) is 0 Å². The molecule has 0 spiro atoms. The summed E-state index contributed by atoms with van der Waals surface area (Å²) in [6, 6.07) is 3.31. The Bertz CT molecular complexity index is 436. The third kappa shape index (κ3) is 2.68. The summed E-state index contributed by atoms with van der Waals surface area (Å²) in [5, 5.41) is 0.